The van der Waals surface area contributed by atoms with Crippen molar-refractivity contribution in [3.05, 3.63) is 0 Å². The third-order valence-electron chi connectivity index (χ3n) is 3.03. The third kappa shape index (κ3) is 4.03. The van der Waals surface area contributed by atoms with Crippen LogP contribution in [0.25, 0.3) is 0 Å². The van der Waals surface area contributed by atoms with E-state index in [1.807, 2.05) is 0 Å². The van der Waals surface area contributed by atoms with Crippen LogP contribution in [0, 0.1) is 5.92 Å². The molecule has 1 saturated heterocycles. The third-order valence-corrected chi connectivity index (χ3v) is 4.92. The lowest BCUT2D eigenvalue weighted by atomic mass is 10.1. The lowest BCUT2D eigenvalue weighted by molar-refractivity contribution is 0.243. The van der Waals surface area contributed by atoms with Gasteiger partial charge in [-0.05, 0) is 18.1 Å². The van der Waals surface area contributed by atoms with Crippen LogP contribution in [0.15, 0.2) is 0 Å². The standard InChI is InChI=1S/C11H23NS2/c1-3-10(9-13)7-12-5-6-14-11(4-2)8-12/h10-11,13H,3-9H2,1-2H3. The molecule has 1 fully saturated rings. The fraction of sp³-hybridized carbons (Fsp3) is 1.00. The predicted molar refractivity (Wildman–Crippen MR) is 70.6 cm³/mol. The van der Waals surface area contributed by atoms with Crippen LogP contribution in [0.4, 0.5) is 0 Å². The summed E-state index contributed by atoms with van der Waals surface area (Å²) in [5.74, 6) is 3.15. The molecule has 0 radical (unpaired) electrons. The monoisotopic (exact) mass is 233 g/mol. The molecule has 1 heterocycles. The van der Waals surface area contributed by atoms with Gasteiger partial charge in [-0.25, -0.2) is 0 Å². The minimum Gasteiger partial charge on any atom is -0.301 e. The van der Waals surface area contributed by atoms with Gasteiger partial charge in [-0.1, -0.05) is 20.3 Å². The summed E-state index contributed by atoms with van der Waals surface area (Å²) >= 11 is 6.56. The summed E-state index contributed by atoms with van der Waals surface area (Å²) < 4.78 is 0. The number of nitrogens with zero attached hydrogens (tertiary/aromatic N) is 1. The summed E-state index contributed by atoms with van der Waals surface area (Å²) in [6.07, 6.45) is 2.59. The Balaban J connectivity index is 2.29. The Hall–Kier alpha value is 0.660. The first-order valence-electron chi connectivity index (χ1n) is 5.74. The molecule has 14 heavy (non-hydrogen) atoms. The predicted octanol–water partition coefficient (Wildman–Crippen LogP) is 2.77. The average Bonchev–Trinajstić information content (AvgIpc) is 2.26. The SMILES string of the molecule is CCC(CS)CN1CCSC(CC)C1. The molecule has 1 rings (SSSR count). The zero-order valence-corrected chi connectivity index (χ0v) is 11.1. The zero-order chi connectivity index (χ0) is 10.4. The molecule has 1 aliphatic heterocycles. The Morgan fingerprint density at radius 3 is 2.86 bits per heavy atom. The fourth-order valence-electron chi connectivity index (χ4n) is 1.87. The van der Waals surface area contributed by atoms with Crippen LogP contribution in [0.3, 0.4) is 0 Å². The quantitative estimate of drug-likeness (QED) is 0.727. The second-order valence-electron chi connectivity index (χ2n) is 4.12. The molecule has 0 N–H and O–H groups in total. The molecule has 2 atom stereocenters. The molecular formula is C11H23NS2. The summed E-state index contributed by atoms with van der Waals surface area (Å²) in [4.78, 5) is 2.63. The van der Waals surface area contributed by atoms with Crippen LogP contribution in [-0.2, 0) is 0 Å². The highest BCUT2D eigenvalue weighted by atomic mass is 32.2. The van der Waals surface area contributed by atoms with Gasteiger partial charge in [-0.2, -0.15) is 24.4 Å². The van der Waals surface area contributed by atoms with Crippen molar-refractivity contribution in [3.8, 4) is 0 Å². The van der Waals surface area contributed by atoms with Gasteiger partial charge in [-0.3, -0.25) is 0 Å². The molecule has 1 aliphatic rings. The molecule has 0 bridgehead atoms. The Morgan fingerprint density at radius 1 is 1.50 bits per heavy atom. The Morgan fingerprint density at radius 2 is 2.29 bits per heavy atom. The van der Waals surface area contributed by atoms with E-state index in [1.165, 1.54) is 38.2 Å². The van der Waals surface area contributed by atoms with Crippen molar-refractivity contribution in [1.29, 1.82) is 0 Å². The number of thioether (sulfide) groups is 1. The van der Waals surface area contributed by atoms with E-state index in [2.05, 4.69) is 43.1 Å². The number of rotatable bonds is 5. The summed E-state index contributed by atoms with van der Waals surface area (Å²) in [5.41, 5.74) is 0. The van der Waals surface area contributed by atoms with Crippen molar-refractivity contribution in [3.63, 3.8) is 0 Å². The molecule has 84 valence electrons. The Labute approximate surface area is 98.4 Å². The molecular weight excluding hydrogens is 210 g/mol. The van der Waals surface area contributed by atoms with E-state index in [1.54, 1.807) is 0 Å². The lowest BCUT2D eigenvalue weighted by Gasteiger charge is -2.33. The van der Waals surface area contributed by atoms with Crippen molar-refractivity contribution in [2.75, 3.05) is 31.1 Å². The highest BCUT2D eigenvalue weighted by Gasteiger charge is 2.20. The first kappa shape index (κ1) is 12.7. The van der Waals surface area contributed by atoms with Crippen molar-refractivity contribution >= 4 is 24.4 Å². The van der Waals surface area contributed by atoms with Crippen molar-refractivity contribution < 1.29 is 0 Å². The molecule has 3 heteroatoms. The van der Waals surface area contributed by atoms with Crippen molar-refractivity contribution in [1.82, 2.24) is 4.90 Å². The number of hydrogen-bond acceptors (Lipinski definition) is 3. The number of thiol groups is 1. The van der Waals surface area contributed by atoms with E-state index in [-0.39, 0.29) is 0 Å². The topological polar surface area (TPSA) is 3.24 Å². The molecule has 2 unspecified atom stereocenters. The van der Waals surface area contributed by atoms with Crippen LogP contribution >= 0.6 is 24.4 Å². The van der Waals surface area contributed by atoms with Crippen molar-refractivity contribution in [2.45, 2.75) is 31.9 Å². The minimum atomic E-state index is 0.791. The highest BCUT2D eigenvalue weighted by Crippen LogP contribution is 2.22. The average molecular weight is 233 g/mol. The molecule has 0 saturated carbocycles. The summed E-state index contributed by atoms with van der Waals surface area (Å²) in [6.45, 7) is 8.42. The Bertz CT molecular complexity index is 148. The van der Waals surface area contributed by atoms with Crippen molar-refractivity contribution in [2.24, 2.45) is 5.92 Å². The maximum atomic E-state index is 4.41. The summed E-state index contributed by atoms with van der Waals surface area (Å²) in [7, 11) is 0. The molecule has 0 aromatic carbocycles. The van der Waals surface area contributed by atoms with Gasteiger partial charge in [-0.15, -0.1) is 0 Å². The normalized spacial score (nSPS) is 26.4. The van der Waals surface area contributed by atoms with Gasteiger partial charge in [0.25, 0.3) is 0 Å². The fourth-order valence-corrected chi connectivity index (χ4v) is 3.50. The molecule has 0 aromatic rings. The smallest absolute Gasteiger partial charge is 0.0172 e. The Kier molecular flexibility index (Phi) is 6.38. The van der Waals surface area contributed by atoms with E-state index in [4.69, 9.17) is 0 Å². The van der Waals surface area contributed by atoms with Gasteiger partial charge >= 0.3 is 0 Å². The van der Waals surface area contributed by atoms with Gasteiger partial charge in [0.1, 0.15) is 0 Å². The van der Waals surface area contributed by atoms with Crippen LogP contribution < -0.4 is 0 Å². The van der Waals surface area contributed by atoms with Crippen LogP contribution in [-0.4, -0.2) is 41.3 Å². The van der Waals surface area contributed by atoms with Gasteiger partial charge in [0.15, 0.2) is 0 Å². The van der Waals surface area contributed by atoms with Crippen LogP contribution in [0.2, 0.25) is 0 Å². The largest absolute Gasteiger partial charge is 0.301 e. The summed E-state index contributed by atoms with van der Waals surface area (Å²) in [6, 6.07) is 0. The second-order valence-corrected chi connectivity index (χ2v) is 5.89. The summed E-state index contributed by atoms with van der Waals surface area (Å²) in [5, 5.41) is 0.876. The molecule has 0 amide bonds. The van der Waals surface area contributed by atoms with E-state index in [0.29, 0.717) is 0 Å². The lowest BCUT2D eigenvalue weighted by Crippen LogP contribution is -2.40. The van der Waals surface area contributed by atoms with Gasteiger partial charge in [0, 0.05) is 30.6 Å². The van der Waals surface area contributed by atoms with Crippen LogP contribution in [0.1, 0.15) is 26.7 Å². The highest BCUT2D eigenvalue weighted by molar-refractivity contribution is 8.00. The maximum Gasteiger partial charge on any atom is 0.0172 e. The second kappa shape index (κ2) is 7.02. The molecule has 0 aliphatic carbocycles. The van der Waals surface area contributed by atoms with E-state index in [0.717, 1.165) is 16.9 Å². The van der Waals surface area contributed by atoms with Gasteiger partial charge < -0.3 is 4.90 Å². The van der Waals surface area contributed by atoms with E-state index >= 15 is 0 Å². The van der Waals surface area contributed by atoms with E-state index < -0.39 is 0 Å². The van der Waals surface area contributed by atoms with E-state index in [9.17, 15) is 0 Å². The molecule has 0 spiro atoms. The van der Waals surface area contributed by atoms with Crippen LogP contribution in [0.5, 0.6) is 0 Å². The zero-order valence-electron chi connectivity index (χ0n) is 9.41. The number of hydrogen-bond donors (Lipinski definition) is 1. The minimum absolute atomic E-state index is 0.791. The molecule has 0 aromatic heterocycles. The first-order valence-corrected chi connectivity index (χ1v) is 7.43. The maximum absolute atomic E-state index is 4.41. The van der Waals surface area contributed by atoms with Gasteiger partial charge in [0.05, 0.1) is 0 Å². The first-order chi connectivity index (χ1) is 6.80. The van der Waals surface area contributed by atoms with Gasteiger partial charge in [0.2, 0.25) is 0 Å². The molecule has 1 nitrogen and oxygen atoms in total.